The molecule has 5 nitrogen and oxygen atoms in total. The third kappa shape index (κ3) is 11.2. The zero-order valence-corrected chi connectivity index (χ0v) is 12.8. The van der Waals surface area contributed by atoms with Gasteiger partial charge in [-0.25, -0.2) is 0 Å². The van der Waals surface area contributed by atoms with Crippen molar-refractivity contribution < 1.29 is 14.7 Å². The molecule has 1 aromatic carbocycles. The molecule has 0 aromatic heterocycles. The van der Waals surface area contributed by atoms with Gasteiger partial charge in [-0.05, 0) is 19.5 Å². The van der Waals surface area contributed by atoms with E-state index in [0.29, 0.717) is 6.54 Å². The maximum Gasteiger partial charge on any atom is 0.290 e. The molecule has 1 rings (SSSR count). The maximum absolute atomic E-state index is 10.8. The Bertz CT molecular complexity index is 339. The molecule has 0 bridgehead atoms. The minimum Gasteiger partial charge on any atom is -0.483 e. The number of carbonyl (C=O) groups is 2. The number of rotatable bonds is 6. The molecule has 0 radical (unpaired) electrons. The molecule has 0 spiro atoms. The van der Waals surface area contributed by atoms with E-state index in [1.807, 2.05) is 20.9 Å². The Kier molecular flexibility index (Phi) is 15.5. The van der Waals surface area contributed by atoms with Crippen molar-refractivity contribution in [2.45, 2.75) is 27.3 Å². The van der Waals surface area contributed by atoms with Crippen LogP contribution < -0.4 is 5.32 Å². The summed E-state index contributed by atoms with van der Waals surface area (Å²) in [5.41, 5.74) is 2.41. The van der Waals surface area contributed by atoms with Crippen molar-refractivity contribution in [1.82, 2.24) is 10.2 Å². The van der Waals surface area contributed by atoms with E-state index >= 15 is 0 Å². The van der Waals surface area contributed by atoms with Crippen molar-refractivity contribution in [3.8, 4) is 0 Å². The molecule has 0 unspecified atom stereocenters. The van der Waals surface area contributed by atoms with Gasteiger partial charge < -0.3 is 15.3 Å². The van der Waals surface area contributed by atoms with Crippen LogP contribution in [0.3, 0.4) is 0 Å². The van der Waals surface area contributed by atoms with E-state index in [0.717, 1.165) is 19.5 Å². The first-order valence-electron chi connectivity index (χ1n) is 6.65. The summed E-state index contributed by atoms with van der Waals surface area (Å²) < 4.78 is 0. The molecule has 1 amide bonds. The van der Waals surface area contributed by atoms with Crippen molar-refractivity contribution in [1.29, 1.82) is 0 Å². The molecule has 114 valence electrons. The van der Waals surface area contributed by atoms with Gasteiger partial charge in [0.05, 0.1) is 0 Å². The predicted octanol–water partition coefficient (Wildman–Crippen LogP) is 1.90. The van der Waals surface area contributed by atoms with E-state index in [9.17, 15) is 4.79 Å². The van der Waals surface area contributed by atoms with Crippen LogP contribution in [-0.2, 0) is 16.1 Å². The molecule has 0 saturated heterocycles. The lowest BCUT2D eigenvalue weighted by molar-refractivity contribution is -0.123. The van der Waals surface area contributed by atoms with Crippen LogP contribution in [0.2, 0.25) is 0 Å². The molecule has 0 saturated carbocycles. The van der Waals surface area contributed by atoms with Crippen LogP contribution in [0.4, 0.5) is 0 Å². The van der Waals surface area contributed by atoms with Gasteiger partial charge in [0.15, 0.2) is 0 Å². The molecule has 5 heteroatoms. The number of hydrogen-bond donors (Lipinski definition) is 2. The molecule has 0 atom stereocenters. The monoisotopic (exact) mass is 282 g/mol. The number of hydrogen-bond acceptors (Lipinski definition) is 3. The van der Waals surface area contributed by atoms with Crippen LogP contribution in [0, 0.1) is 6.92 Å². The predicted molar refractivity (Wildman–Crippen MR) is 81.6 cm³/mol. The molecule has 0 aliphatic carbocycles. The van der Waals surface area contributed by atoms with E-state index in [2.05, 4.69) is 36.5 Å². The summed E-state index contributed by atoms with van der Waals surface area (Å²) in [7, 11) is 1.88. The van der Waals surface area contributed by atoms with Gasteiger partial charge in [0.25, 0.3) is 6.47 Å². The van der Waals surface area contributed by atoms with E-state index in [-0.39, 0.29) is 6.47 Å². The largest absolute Gasteiger partial charge is 0.483 e. The van der Waals surface area contributed by atoms with Gasteiger partial charge in [0, 0.05) is 19.6 Å². The summed E-state index contributed by atoms with van der Waals surface area (Å²) in [6.45, 7) is 8.06. The number of carboxylic acid groups (broad SMARTS) is 1. The van der Waals surface area contributed by atoms with E-state index < -0.39 is 0 Å². The van der Waals surface area contributed by atoms with Gasteiger partial charge >= 0.3 is 0 Å². The molecule has 0 aliphatic heterocycles. The number of aryl methyl sites for hydroxylation is 1. The third-order valence-electron chi connectivity index (χ3n) is 2.30. The lowest BCUT2D eigenvalue weighted by atomic mass is 10.1. The summed E-state index contributed by atoms with van der Waals surface area (Å²) in [5.74, 6) is 0. The Balaban J connectivity index is 0. The van der Waals surface area contributed by atoms with E-state index in [1.54, 1.807) is 4.90 Å². The summed E-state index contributed by atoms with van der Waals surface area (Å²) in [5, 5.41) is 9.92. The highest BCUT2D eigenvalue weighted by Crippen LogP contribution is 2.05. The van der Waals surface area contributed by atoms with Gasteiger partial charge in [-0.3, -0.25) is 9.59 Å². The molecule has 0 fully saturated rings. The quantitative estimate of drug-likeness (QED) is 0.782. The highest BCUT2D eigenvalue weighted by atomic mass is 16.3. The molecule has 1 aromatic rings. The van der Waals surface area contributed by atoms with Crippen LogP contribution in [0.25, 0.3) is 0 Å². The SMILES string of the molecule is CC.CNCCN(C=O)Cc1ccc(C)cc1.O=CO. The average Bonchev–Trinajstić information content (AvgIpc) is 2.48. The van der Waals surface area contributed by atoms with Crippen molar-refractivity contribution in [2.75, 3.05) is 20.1 Å². The van der Waals surface area contributed by atoms with E-state index in [4.69, 9.17) is 9.90 Å². The second-order valence-electron chi connectivity index (χ2n) is 3.77. The molecule has 0 aliphatic rings. The van der Waals surface area contributed by atoms with Crippen LogP contribution in [-0.4, -0.2) is 43.0 Å². The minimum atomic E-state index is -0.250. The molecule has 20 heavy (non-hydrogen) atoms. The van der Waals surface area contributed by atoms with Gasteiger partial charge in [-0.2, -0.15) is 0 Å². The number of amides is 1. The summed E-state index contributed by atoms with van der Waals surface area (Å²) >= 11 is 0. The lowest BCUT2D eigenvalue weighted by Gasteiger charge is -2.17. The Morgan fingerprint density at radius 2 is 1.70 bits per heavy atom. The highest BCUT2D eigenvalue weighted by Gasteiger charge is 2.01. The van der Waals surface area contributed by atoms with Gasteiger partial charge in [0.1, 0.15) is 0 Å². The standard InChI is InChI=1S/C12H18N2O.C2H6.CH2O2/c1-11-3-5-12(6-4-11)9-14(10-15)8-7-13-2;1-2;2-1-3/h3-6,10,13H,7-9H2,1-2H3;1-2H3;1H,(H,2,3). The first-order valence-corrected chi connectivity index (χ1v) is 6.65. The Morgan fingerprint density at radius 1 is 1.20 bits per heavy atom. The van der Waals surface area contributed by atoms with Crippen molar-refractivity contribution in [2.24, 2.45) is 0 Å². The zero-order chi connectivity index (χ0) is 15.8. The minimum absolute atomic E-state index is 0.250. The van der Waals surface area contributed by atoms with Crippen molar-refractivity contribution in [3.63, 3.8) is 0 Å². The Hall–Kier alpha value is -1.88. The number of nitrogens with one attached hydrogen (secondary N) is 1. The fourth-order valence-electron chi connectivity index (χ4n) is 1.35. The van der Waals surface area contributed by atoms with Gasteiger partial charge in [-0.1, -0.05) is 43.7 Å². The molecular weight excluding hydrogens is 256 g/mol. The fourth-order valence-corrected chi connectivity index (χ4v) is 1.35. The van der Waals surface area contributed by atoms with Crippen molar-refractivity contribution >= 4 is 12.9 Å². The van der Waals surface area contributed by atoms with Crippen LogP contribution in [0.15, 0.2) is 24.3 Å². The highest BCUT2D eigenvalue weighted by molar-refractivity contribution is 5.47. The summed E-state index contributed by atoms with van der Waals surface area (Å²) in [4.78, 5) is 20.9. The number of nitrogens with zero attached hydrogens (tertiary/aromatic N) is 1. The van der Waals surface area contributed by atoms with Gasteiger partial charge in [-0.15, -0.1) is 0 Å². The number of carbonyl (C=O) groups excluding carboxylic acids is 1. The zero-order valence-electron chi connectivity index (χ0n) is 12.8. The molecule has 2 N–H and O–H groups in total. The first-order chi connectivity index (χ1) is 9.67. The van der Waals surface area contributed by atoms with Crippen molar-refractivity contribution in [3.05, 3.63) is 35.4 Å². The second-order valence-corrected chi connectivity index (χ2v) is 3.77. The maximum atomic E-state index is 10.8. The molecular formula is C15H26N2O3. The summed E-state index contributed by atoms with van der Waals surface area (Å²) in [6.07, 6.45) is 0.900. The van der Waals surface area contributed by atoms with Gasteiger partial charge in [0.2, 0.25) is 6.41 Å². The topological polar surface area (TPSA) is 69.6 Å². The smallest absolute Gasteiger partial charge is 0.290 e. The van der Waals surface area contributed by atoms with E-state index in [1.165, 1.54) is 11.1 Å². The Morgan fingerprint density at radius 3 is 2.10 bits per heavy atom. The normalized spacial score (nSPS) is 8.40. The number of likely N-dealkylation sites (N-methyl/N-ethyl adjacent to an activating group) is 1. The number of benzene rings is 1. The van der Waals surface area contributed by atoms with Crippen LogP contribution in [0.1, 0.15) is 25.0 Å². The first kappa shape index (κ1) is 20.4. The summed E-state index contributed by atoms with van der Waals surface area (Å²) in [6, 6.07) is 8.25. The Labute approximate surface area is 121 Å². The molecule has 0 heterocycles. The average molecular weight is 282 g/mol. The third-order valence-corrected chi connectivity index (χ3v) is 2.30. The van der Waals surface area contributed by atoms with Crippen LogP contribution >= 0.6 is 0 Å². The van der Waals surface area contributed by atoms with Crippen LogP contribution in [0.5, 0.6) is 0 Å². The lowest BCUT2D eigenvalue weighted by Crippen LogP contribution is -2.29. The second kappa shape index (κ2) is 15.2. The fraction of sp³-hybridized carbons (Fsp3) is 0.467.